The van der Waals surface area contributed by atoms with Crippen LogP contribution in [-0.2, 0) is 6.42 Å². The van der Waals surface area contributed by atoms with Gasteiger partial charge >= 0.3 is 0 Å². The average molecular weight is 306 g/mol. The molecule has 0 aromatic heterocycles. The Morgan fingerprint density at radius 2 is 2.00 bits per heavy atom. The monoisotopic (exact) mass is 306 g/mol. The summed E-state index contributed by atoms with van der Waals surface area (Å²) in [4.78, 5) is 6.49. The Morgan fingerprint density at radius 3 is 2.77 bits per heavy atom. The van der Waals surface area contributed by atoms with Crippen molar-refractivity contribution < 1.29 is 9.47 Å². The van der Waals surface area contributed by atoms with Crippen LogP contribution in [0.2, 0.25) is 0 Å². The van der Waals surface area contributed by atoms with Crippen LogP contribution in [0.1, 0.15) is 12.5 Å². The van der Waals surface area contributed by atoms with Gasteiger partial charge in [-0.2, -0.15) is 0 Å². The van der Waals surface area contributed by atoms with Gasteiger partial charge in [-0.15, -0.1) is 0 Å². The summed E-state index contributed by atoms with van der Waals surface area (Å²) in [6.45, 7) is 6.23. The summed E-state index contributed by atoms with van der Waals surface area (Å²) in [5, 5.41) is 6.64. The molecule has 1 heterocycles. The third kappa shape index (κ3) is 4.80. The third-order valence-electron chi connectivity index (χ3n) is 3.69. The molecular formula is C16H26N4O2. The Morgan fingerprint density at radius 1 is 1.23 bits per heavy atom. The van der Waals surface area contributed by atoms with Crippen LogP contribution in [0.15, 0.2) is 23.2 Å². The highest BCUT2D eigenvalue weighted by Crippen LogP contribution is 2.32. The first-order valence-corrected chi connectivity index (χ1v) is 7.74. The molecule has 2 N–H and O–H groups in total. The second-order valence-electron chi connectivity index (χ2n) is 5.26. The van der Waals surface area contributed by atoms with Crippen molar-refractivity contribution in [3.05, 3.63) is 23.8 Å². The standard InChI is InChI=1S/C16H26N4O2/c1-4-20(3)10-9-19-16(17-2)18-8-7-13-5-6-14-15(11-13)22-12-21-14/h5-6,11H,4,7-10,12H2,1-3H3,(H2,17,18,19). The number of fused-ring (bicyclic) bond motifs is 1. The Hall–Kier alpha value is -1.95. The molecule has 0 saturated heterocycles. The van der Waals surface area contributed by atoms with Crippen LogP contribution >= 0.6 is 0 Å². The van der Waals surface area contributed by atoms with Gasteiger partial charge in [0, 0.05) is 26.7 Å². The van der Waals surface area contributed by atoms with Gasteiger partial charge in [-0.3, -0.25) is 4.99 Å². The maximum absolute atomic E-state index is 5.39. The molecule has 2 rings (SSSR count). The van der Waals surface area contributed by atoms with Crippen molar-refractivity contribution in [2.45, 2.75) is 13.3 Å². The number of hydrogen-bond donors (Lipinski definition) is 2. The number of hydrogen-bond acceptors (Lipinski definition) is 4. The summed E-state index contributed by atoms with van der Waals surface area (Å²) in [6.07, 6.45) is 0.909. The molecule has 0 aliphatic carbocycles. The lowest BCUT2D eigenvalue weighted by atomic mass is 10.1. The molecular weight excluding hydrogens is 280 g/mol. The van der Waals surface area contributed by atoms with E-state index in [1.807, 2.05) is 12.1 Å². The highest BCUT2D eigenvalue weighted by molar-refractivity contribution is 5.79. The number of rotatable bonds is 7. The minimum Gasteiger partial charge on any atom is -0.454 e. The number of ether oxygens (including phenoxy) is 2. The lowest BCUT2D eigenvalue weighted by molar-refractivity contribution is 0.174. The SMILES string of the molecule is CCN(C)CCNC(=NC)NCCc1ccc2c(c1)OCO2. The Bertz CT molecular complexity index is 505. The van der Waals surface area contributed by atoms with E-state index in [9.17, 15) is 0 Å². The summed E-state index contributed by atoms with van der Waals surface area (Å²) in [5.74, 6) is 2.50. The first-order valence-electron chi connectivity index (χ1n) is 7.74. The van der Waals surface area contributed by atoms with Gasteiger partial charge in [0.1, 0.15) is 0 Å². The Kier molecular flexibility index (Phi) is 6.33. The first-order chi connectivity index (χ1) is 10.7. The van der Waals surface area contributed by atoms with E-state index in [1.165, 1.54) is 5.56 Å². The zero-order valence-electron chi connectivity index (χ0n) is 13.7. The van der Waals surface area contributed by atoms with Gasteiger partial charge < -0.3 is 25.0 Å². The van der Waals surface area contributed by atoms with Gasteiger partial charge in [-0.1, -0.05) is 13.0 Å². The molecule has 0 bridgehead atoms. The minimum absolute atomic E-state index is 0.319. The van der Waals surface area contributed by atoms with Crippen LogP contribution in [0.4, 0.5) is 0 Å². The lowest BCUT2D eigenvalue weighted by Gasteiger charge is -2.16. The predicted octanol–water partition coefficient (Wildman–Crippen LogP) is 1.07. The molecule has 0 unspecified atom stereocenters. The van der Waals surface area contributed by atoms with E-state index in [0.29, 0.717) is 6.79 Å². The number of nitrogens with one attached hydrogen (secondary N) is 2. The fourth-order valence-electron chi connectivity index (χ4n) is 2.17. The first kappa shape index (κ1) is 16.4. The summed E-state index contributed by atoms with van der Waals surface area (Å²) in [5.41, 5.74) is 1.22. The molecule has 122 valence electrons. The fourth-order valence-corrected chi connectivity index (χ4v) is 2.17. The number of guanidine groups is 1. The Labute approximate surface area is 132 Å². The molecule has 0 atom stereocenters. The normalized spacial score (nSPS) is 13.5. The van der Waals surface area contributed by atoms with E-state index >= 15 is 0 Å². The molecule has 1 aromatic rings. The Balaban J connectivity index is 1.70. The molecule has 0 fully saturated rings. The highest BCUT2D eigenvalue weighted by Gasteiger charge is 2.12. The second kappa shape index (κ2) is 8.48. The summed E-state index contributed by atoms with van der Waals surface area (Å²) >= 11 is 0. The van der Waals surface area contributed by atoms with Crippen molar-refractivity contribution in [2.75, 3.05) is 47.1 Å². The van der Waals surface area contributed by atoms with Crippen LogP contribution in [0, 0.1) is 0 Å². The number of benzene rings is 1. The van der Waals surface area contributed by atoms with E-state index in [2.05, 4.69) is 40.6 Å². The lowest BCUT2D eigenvalue weighted by Crippen LogP contribution is -2.41. The largest absolute Gasteiger partial charge is 0.454 e. The van der Waals surface area contributed by atoms with Crippen LogP contribution in [0.5, 0.6) is 11.5 Å². The zero-order valence-corrected chi connectivity index (χ0v) is 13.7. The van der Waals surface area contributed by atoms with Crippen molar-refractivity contribution in [1.82, 2.24) is 15.5 Å². The molecule has 1 aromatic carbocycles. The minimum atomic E-state index is 0.319. The van der Waals surface area contributed by atoms with Gasteiger partial charge in [0.15, 0.2) is 17.5 Å². The van der Waals surface area contributed by atoms with Crippen molar-refractivity contribution in [3.8, 4) is 11.5 Å². The maximum atomic E-state index is 5.39. The van der Waals surface area contributed by atoms with Crippen molar-refractivity contribution in [3.63, 3.8) is 0 Å². The van der Waals surface area contributed by atoms with E-state index in [0.717, 1.165) is 50.1 Å². The van der Waals surface area contributed by atoms with Crippen LogP contribution < -0.4 is 20.1 Å². The van der Waals surface area contributed by atoms with Crippen LogP contribution in [0.25, 0.3) is 0 Å². The molecule has 22 heavy (non-hydrogen) atoms. The smallest absolute Gasteiger partial charge is 0.231 e. The topological polar surface area (TPSA) is 58.1 Å². The van der Waals surface area contributed by atoms with Crippen LogP contribution in [0.3, 0.4) is 0 Å². The average Bonchev–Trinajstić information content (AvgIpc) is 3.00. The molecule has 0 radical (unpaired) electrons. The van der Waals surface area contributed by atoms with Gasteiger partial charge in [-0.25, -0.2) is 0 Å². The van der Waals surface area contributed by atoms with Crippen molar-refractivity contribution in [1.29, 1.82) is 0 Å². The fraction of sp³-hybridized carbons (Fsp3) is 0.562. The summed E-state index contributed by atoms with van der Waals surface area (Å²) in [7, 11) is 3.90. The molecule has 0 saturated carbocycles. The quantitative estimate of drug-likeness (QED) is 0.583. The van der Waals surface area contributed by atoms with E-state index in [-0.39, 0.29) is 0 Å². The van der Waals surface area contributed by atoms with Crippen molar-refractivity contribution >= 4 is 5.96 Å². The molecule has 1 aliphatic rings. The van der Waals surface area contributed by atoms with Gasteiger partial charge in [0.05, 0.1) is 0 Å². The summed E-state index contributed by atoms with van der Waals surface area (Å²) in [6, 6.07) is 6.07. The molecule has 6 nitrogen and oxygen atoms in total. The van der Waals surface area contributed by atoms with E-state index in [1.54, 1.807) is 7.05 Å². The molecule has 1 aliphatic heterocycles. The molecule has 0 spiro atoms. The van der Waals surface area contributed by atoms with Gasteiger partial charge in [-0.05, 0) is 37.7 Å². The van der Waals surface area contributed by atoms with E-state index in [4.69, 9.17) is 9.47 Å². The zero-order chi connectivity index (χ0) is 15.8. The highest BCUT2D eigenvalue weighted by atomic mass is 16.7. The molecule has 0 amide bonds. The number of nitrogens with zero attached hydrogens (tertiary/aromatic N) is 2. The number of likely N-dealkylation sites (N-methyl/N-ethyl adjacent to an activating group) is 1. The maximum Gasteiger partial charge on any atom is 0.231 e. The van der Waals surface area contributed by atoms with Crippen molar-refractivity contribution in [2.24, 2.45) is 4.99 Å². The second-order valence-corrected chi connectivity index (χ2v) is 5.26. The summed E-state index contributed by atoms with van der Waals surface area (Å²) < 4.78 is 10.7. The third-order valence-corrected chi connectivity index (χ3v) is 3.69. The van der Waals surface area contributed by atoms with Crippen LogP contribution in [-0.4, -0.2) is 57.9 Å². The van der Waals surface area contributed by atoms with E-state index < -0.39 is 0 Å². The van der Waals surface area contributed by atoms with Gasteiger partial charge in [0.25, 0.3) is 0 Å². The predicted molar refractivity (Wildman–Crippen MR) is 88.8 cm³/mol. The van der Waals surface area contributed by atoms with Gasteiger partial charge in [0.2, 0.25) is 6.79 Å². The molecule has 6 heteroatoms. The number of aliphatic imine (C=N–C) groups is 1.